The van der Waals surface area contributed by atoms with Crippen LogP contribution in [0.4, 0.5) is 0 Å². The van der Waals surface area contributed by atoms with Gasteiger partial charge in [-0.1, -0.05) is 30.3 Å². The number of hydrogen-bond acceptors (Lipinski definition) is 3. The van der Waals surface area contributed by atoms with Gasteiger partial charge >= 0.3 is 0 Å². The van der Waals surface area contributed by atoms with Crippen molar-refractivity contribution in [2.45, 2.75) is 23.6 Å². The van der Waals surface area contributed by atoms with Gasteiger partial charge < -0.3 is 5.32 Å². The number of nitrogens with zero attached hydrogens (tertiary/aromatic N) is 1. The number of amides is 1. The highest BCUT2D eigenvalue weighted by atomic mass is 32.2. The Bertz CT molecular complexity index is 632. The van der Waals surface area contributed by atoms with Crippen LogP contribution in [0.25, 0.3) is 0 Å². The molecule has 0 fully saturated rings. The maximum Gasteiger partial charge on any atom is 0.233 e. The zero-order valence-corrected chi connectivity index (χ0v) is 12.6. The van der Waals surface area contributed by atoms with E-state index in [0.29, 0.717) is 12.1 Å². The molecule has 1 amide bonds. The van der Waals surface area contributed by atoms with Crippen molar-refractivity contribution in [3.05, 3.63) is 65.7 Å². The van der Waals surface area contributed by atoms with Crippen LogP contribution in [-0.2, 0) is 11.3 Å². The van der Waals surface area contributed by atoms with Crippen LogP contribution in [0, 0.1) is 11.3 Å². The third-order valence-electron chi connectivity index (χ3n) is 2.98. The van der Waals surface area contributed by atoms with Gasteiger partial charge in [-0.25, -0.2) is 0 Å². The Labute approximate surface area is 129 Å². The summed E-state index contributed by atoms with van der Waals surface area (Å²) in [5.74, 6) is 0.00760. The van der Waals surface area contributed by atoms with Crippen LogP contribution >= 0.6 is 11.8 Å². The van der Waals surface area contributed by atoms with E-state index in [-0.39, 0.29) is 11.2 Å². The highest BCUT2D eigenvalue weighted by molar-refractivity contribution is 8.00. The van der Waals surface area contributed by atoms with Crippen molar-refractivity contribution >= 4 is 17.7 Å². The van der Waals surface area contributed by atoms with Crippen LogP contribution in [0.15, 0.2) is 59.5 Å². The van der Waals surface area contributed by atoms with Crippen molar-refractivity contribution in [1.29, 1.82) is 5.26 Å². The van der Waals surface area contributed by atoms with Crippen molar-refractivity contribution in [2.24, 2.45) is 0 Å². The van der Waals surface area contributed by atoms with E-state index >= 15 is 0 Å². The zero-order valence-electron chi connectivity index (χ0n) is 11.7. The van der Waals surface area contributed by atoms with Crippen LogP contribution in [-0.4, -0.2) is 11.2 Å². The summed E-state index contributed by atoms with van der Waals surface area (Å²) in [7, 11) is 0. The summed E-state index contributed by atoms with van der Waals surface area (Å²) in [6.07, 6.45) is 0. The first-order valence-electron chi connectivity index (χ1n) is 6.67. The highest BCUT2D eigenvalue weighted by Crippen LogP contribution is 2.22. The third-order valence-corrected chi connectivity index (χ3v) is 4.09. The average molecular weight is 296 g/mol. The fourth-order valence-electron chi connectivity index (χ4n) is 1.79. The van der Waals surface area contributed by atoms with Gasteiger partial charge in [0.25, 0.3) is 0 Å². The van der Waals surface area contributed by atoms with Crippen LogP contribution in [0.5, 0.6) is 0 Å². The molecule has 3 nitrogen and oxygen atoms in total. The molecule has 2 aromatic rings. The molecule has 2 rings (SSSR count). The Morgan fingerprint density at radius 2 is 1.86 bits per heavy atom. The largest absolute Gasteiger partial charge is 0.351 e. The Hall–Kier alpha value is -2.25. The molecule has 0 saturated carbocycles. The molecule has 0 aliphatic rings. The number of nitriles is 1. The van der Waals surface area contributed by atoms with Crippen molar-refractivity contribution in [1.82, 2.24) is 5.32 Å². The number of thioether (sulfide) groups is 1. The average Bonchev–Trinajstić information content (AvgIpc) is 2.54. The monoisotopic (exact) mass is 296 g/mol. The number of hydrogen-bond donors (Lipinski definition) is 1. The van der Waals surface area contributed by atoms with Gasteiger partial charge in [-0.2, -0.15) is 5.26 Å². The molecule has 0 aliphatic heterocycles. The topological polar surface area (TPSA) is 52.9 Å². The Kier molecular flexibility index (Phi) is 5.42. The first-order valence-corrected chi connectivity index (χ1v) is 7.55. The number of carbonyl (C=O) groups excluding carboxylic acids is 1. The lowest BCUT2D eigenvalue weighted by atomic mass is 10.1. The van der Waals surface area contributed by atoms with E-state index in [1.54, 1.807) is 12.1 Å². The molecule has 0 radical (unpaired) electrons. The predicted molar refractivity (Wildman–Crippen MR) is 84.8 cm³/mol. The molecule has 0 bridgehead atoms. The molecular weight excluding hydrogens is 280 g/mol. The van der Waals surface area contributed by atoms with E-state index in [1.807, 2.05) is 49.4 Å². The Balaban J connectivity index is 1.84. The fraction of sp³-hybridized carbons (Fsp3) is 0.176. The van der Waals surface area contributed by atoms with Crippen LogP contribution in [0.1, 0.15) is 18.1 Å². The molecule has 2 aromatic carbocycles. The second-order valence-corrected chi connectivity index (χ2v) is 6.01. The molecule has 1 unspecified atom stereocenters. The molecule has 0 aliphatic carbocycles. The van der Waals surface area contributed by atoms with E-state index < -0.39 is 0 Å². The molecule has 106 valence electrons. The minimum atomic E-state index is -0.147. The normalized spacial score (nSPS) is 11.4. The molecule has 0 saturated heterocycles. The van der Waals surface area contributed by atoms with E-state index in [1.165, 1.54) is 11.8 Å². The number of carbonyl (C=O) groups is 1. The lowest BCUT2D eigenvalue weighted by molar-refractivity contribution is -0.120. The summed E-state index contributed by atoms with van der Waals surface area (Å²) < 4.78 is 0. The molecule has 0 aromatic heterocycles. The van der Waals surface area contributed by atoms with E-state index in [0.717, 1.165) is 10.5 Å². The maximum absolute atomic E-state index is 12.1. The zero-order chi connectivity index (χ0) is 15.1. The van der Waals surface area contributed by atoms with Gasteiger partial charge in [-0.15, -0.1) is 11.8 Å². The highest BCUT2D eigenvalue weighted by Gasteiger charge is 2.13. The summed E-state index contributed by atoms with van der Waals surface area (Å²) in [5, 5.41) is 11.5. The van der Waals surface area contributed by atoms with Gasteiger partial charge in [-0.05, 0) is 36.8 Å². The minimum absolute atomic E-state index is 0.00760. The summed E-state index contributed by atoms with van der Waals surface area (Å²) in [5.41, 5.74) is 1.61. The van der Waals surface area contributed by atoms with Gasteiger partial charge in [0.05, 0.1) is 16.9 Å². The third kappa shape index (κ3) is 4.66. The molecule has 1 atom stereocenters. The van der Waals surface area contributed by atoms with Crippen molar-refractivity contribution < 1.29 is 4.79 Å². The van der Waals surface area contributed by atoms with Crippen LogP contribution < -0.4 is 5.32 Å². The summed E-state index contributed by atoms with van der Waals surface area (Å²) in [4.78, 5) is 13.1. The van der Waals surface area contributed by atoms with E-state index in [4.69, 9.17) is 5.26 Å². The Morgan fingerprint density at radius 3 is 2.48 bits per heavy atom. The molecule has 0 heterocycles. The van der Waals surface area contributed by atoms with E-state index in [2.05, 4.69) is 11.4 Å². The molecule has 0 spiro atoms. The first kappa shape index (κ1) is 15.1. The molecule has 1 N–H and O–H groups in total. The van der Waals surface area contributed by atoms with Gasteiger partial charge in [0.15, 0.2) is 0 Å². The van der Waals surface area contributed by atoms with Crippen molar-refractivity contribution in [2.75, 3.05) is 0 Å². The molecule has 21 heavy (non-hydrogen) atoms. The lowest BCUT2D eigenvalue weighted by Crippen LogP contribution is -2.30. The second-order valence-electron chi connectivity index (χ2n) is 4.60. The second kappa shape index (κ2) is 7.51. The lowest BCUT2D eigenvalue weighted by Gasteiger charge is -2.12. The predicted octanol–water partition coefficient (Wildman–Crippen LogP) is 3.36. The van der Waals surface area contributed by atoms with Gasteiger partial charge in [0.2, 0.25) is 5.91 Å². The van der Waals surface area contributed by atoms with Crippen molar-refractivity contribution in [3.63, 3.8) is 0 Å². The summed E-state index contributed by atoms with van der Waals surface area (Å²) in [6.45, 7) is 2.37. The van der Waals surface area contributed by atoms with Gasteiger partial charge in [0.1, 0.15) is 0 Å². The first-order chi connectivity index (χ1) is 10.2. The summed E-state index contributed by atoms with van der Waals surface area (Å²) in [6, 6.07) is 19.2. The van der Waals surface area contributed by atoms with E-state index in [9.17, 15) is 4.79 Å². The molecule has 4 heteroatoms. The number of rotatable bonds is 5. The number of benzene rings is 2. The quantitative estimate of drug-likeness (QED) is 0.861. The Morgan fingerprint density at radius 1 is 1.19 bits per heavy atom. The standard InChI is InChI=1S/C17H16N2OS/c1-13(21-16-5-3-2-4-6-16)17(20)19-12-15-9-7-14(11-18)8-10-15/h2-10,13H,12H2,1H3,(H,19,20). The maximum atomic E-state index is 12.1. The van der Waals surface area contributed by atoms with Gasteiger partial charge in [-0.3, -0.25) is 4.79 Å². The number of nitrogens with one attached hydrogen (secondary N) is 1. The minimum Gasteiger partial charge on any atom is -0.351 e. The SMILES string of the molecule is CC(Sc1ccccc1)C(=O)NCc1ccc(C#N)cc1. The van der Waals surface area contributed by atoms with Gasteiger partial charge in [0, 0.05) is 11.4 Å². The summed E-state index contributed by atoms with van der Waals surface area (Å²) >= 11 is 1.54. The van der Waals surface area contributed by atoms with Crippen LogP contribution in [0.2, 0.25) is 0 Å². The molecular formula is C17H16N2OS. The van der Waals surface area contributed by atoms with Crippen LogP contribution in [0.3, 0.4) is 0 Å². The van der Waals surface area contributed by atoms with Crippen molar-refractivity contribution in [3.8, 4) is 6.07 Å². The smallest absolute Gasteiger partial charge is 0.233 e. The fourth-order valence-corrected chi connectivity index (χ4v) is 2.70.